The van der Waals surface area contributed by atoms with Gasteiger partial charge in [-0.15, -0.1) is 0 Å². The molecule has 5 heteroatoms. The molecule has 2 aliphatic rings. The lowest BCUT2D eigenvalue weighted by Gasteiger charge is -2.38. The predicted molar refractivity (Wildman–Crippen MR) is 60.9 cm³/mol. The number of rotatable bonds is 1. The summed E-state index contributed by atoms with van der Waals surface area (Å²) in [7, 11) is 0. The molecule has 0 amide bonds. The first kappa shape index (κ1) is 13.1. The van der Waals surface area contributed by atoms with Crippen molar-refractivity contribution < 1.29 is 13.2 Å². The Hall–Kier alpha value is -0.290. The highest BCUT2D eigenvalue weighted by atomic mass is 19.4. The second kappa shape index (κ2) is 5.57. The molecule has 0 aliphatic carbocycles. The van der Waals surface area contributed by atoms with Gasteiger partial charge in [0.2, 0.25) is 0 Å². The standard InChI is InChI=1S/C12H21F3N2/c13-12(14,15)10-4-3-7-17(9-10)11-5-1-2-6-16-8-11/h10-11,16H,1-9H2. The van der Waals surface area contributed by atoms with E-state index in [1.807, 2.05) is 0 Å². The van der Waals surface area contributed by atoms with Crippen LogP contribution >= 0.6 is 0 Å². The van der Waals surface area contributed by atoms with Gasteiger partial charge in [-0.05, 0) is 38.8 Å². The molecule has 0 aromatic rings. The van der Waals surface area contributed by atoms with Crippen molar-refractivity contribution in [1.29, 1.82) is 0 Å². The van der Waals surface area contributed by atoms with Crippen LogP contribution in [0.1, 0.15) is 32.1 Å². The molecule has 2 rings (SSSR count). The molecule has 0 aromatic carbocycles. The summed E-state index contributed by atoms with van der Waals surface area (Å²) in [6.45, 7) is 2.90. The van der Waals surface area contributed by atoms with Gasteiger partial charge in [0.05, 0.1) is 5.92 Å². The van der Waals surface area contributed by atoms with Crippen LogP contribution in [0.4, 0.5) is 13.2 Å². The van der Waals surface area contributed by atoms with E-state index in [0.29, 0.717) is 18.9 Å². The Bertz CT molecular complexity index is 234. The maximum atomic E-state index is 12.7. The first-order valence-corrected chi connectivity index (χ1v) is 6.59. The molecule has 0 aromatic heterocycles. The number of alkyl halides is 3. The van der Waals surface area contributed by atoms with E-state index in [-0.39, 0.29) is 6.54 Å². The van der Waals surface area contributed by atoms with Gasteiger partial charge in [-0.2, -0.15) is 13.2 Å². The Morgan fingerprint density at radius 3 is 2.65 bits per heavy atom. The summed E-state index contributed by atoms with van der Waals surface area (Å²) in [5.41, 5.74) is 0. The van der Waals surface area contributed by atoms with E-state index < -0.39 is 12.1 Å². The lowest BCUT2D eigenvalue weighted by molar-refractivity contribution is -0.188. The van der Waals surface area contributed by atoms with Crippen LogP contribution in [0.2, 0.25) is 0 Å². The van der Waals surface area contributed by atoms with Crippen molar-refractivity contribution in [3.63, 3.8) is 0 Å². The molecule has 0 saturated carbocycles. The van der Waals surface area contributed by atoms with Gasteiger partial charge < -0.3 is 5.32 Å². The molecular formula is C12H21F3N2. The minimum Gasteiger partial charge on any atom is -0.315 e. The zero-order valence-corrected chi connectivity index (χ0v) is 10.1. The van der Waals surface area contributed by atoms with Gasteiger partial charge in [0.25, 0.3) is 0 Å². The third kappa shape index (κ3) is 3.58. The summed E-state index contributed by atoms with van der Waals surface area (Å²) in [5.74, 6) is -1.11. The molecule has 0 bridgehead atoms. The van der Waals surface area contributed by atoms with E-state index in [1.165, 1.54) is 0 Å². The zero-order valence-electron chi connectivity index (χ0n) is 10.1. The lowest BCUT2D eigenvalue weighted by Crippen LogP contribution is -2.49. The van der Waals surface area contributed by atoms with Gasteiger partial charge >= 0.3 is 6.18 Å². The minimum absolute atomic E-state index is 0.204. The minimum atomic E-state index is -4.02. The molecule has 2 heterocycles. The Morgan fingerprint density at radius 2 is 1.88 bits per heavy atom. The first-order valence-electron chi connectivity index (χ1n) is 6.59. The van der Waals surface area contributed by atoms with Crippen LogP contribution in [0.5, 0.6) is 0 Å². The fourth-order valence-electron chi connectivity index (χ4n) is 2.92. The van der Waals surface area contributed by atoms with Gasteiger partial charge in [-0.1, -0.05) is 6.42 Å². The fourth-order valence-corrected chi connectivity index (χ4v) is 2.92. The van der Waals surface area contributed by atoms with E-state index in [0.717, 1.165) is 38.9 Å². The normalized spacial score (nSPS) is 33.4. The number of piperidine rings is 1. The van der Waals surface area contributed by atoms with E-state index in [9.17, 15) is 13.2 Å². The third-order valence-corrected chi connectivity index (χ3v) is 3.95. The lowest BCUT2D eigenvalue weighted by atomic mass is 9.95. The first-order chi connectivity index (χ1) is 8.07. The Balaban J connectivity index is 1.91. The second-order valence-electron chi connectivity index (χ2n) is 5.23. The molecule has 2 nitrogen and oxygen atoms in total. The maximum Gasteiger partial charge on any atom is 0.393 e. The molecule has 2 aliphatic heterocycles. The summed E-state index contributed by atoms with van der Waals surface area (Å²) >= 11 is 0. The van der Waals surface area contributed by atoms with Crippen molar-refractivity contribution in [3.05, 3.63) is 0 Å². The van der Waals surface area contributed by atoms with Crippen LogP contribution in [0.25, 0.3) is 0 Å². The molecule has 2 atom stereocenters. The largest absolute Gasteiger partial charge is 0.393 e. The van der Waals surface area contributed by atoms with E-state index in [2.05, 4.69) is 10.2 Å². The van der Waals surface area contributed by atoms with Crippen molar-refractivity contribution in [2.24, 2.45) is 5.92 Å². The number of hydrogen-bond donors (Lipinski definition) is 1. The molecule has 0 radical (unpaired) electrons. The summed E-state index contributed by atoms with van der Waals surface area (Å²) in [6, 6.07) is 0.308. The number of nitrogens with one attached hydrogen (secondary N) is 1. The van der Waals surface area contributed by atoms with Crippen LogP contribution in [-0.4, -0.2) is 43.3 Å². The van der Waals surface area contributed by atoms with Crippen molar-refractivity contribution in [2.75, 3.05) is 26.2 Å². The maximum absolute atomic E-state index is 12.7. The topological polar surface area (TPSA) is 15.3 Å². The highest BCUT2D eigenvalue weighted by Crippen LogP contribution is 2.34. The van der Waals surface area contributed by atoms with Gasteiger partial charge in [-0.25, -0.2) is 0 Å². The highest BCUT2D eigenvalue weighted by Gasteiger charge is 2.42. The second-order valence-corrected chi connectivity index (χ2v) is 5.23. The Kier molecular flexibility index (Phi) is 4.31. The van der Waals surface area contributed by atoms with Crippen molar-refractivity contribution in [1.82, 2.24) is 10.2 Å². The average molecular weight is 250 g/mol. The molecule has 2 unspecified atom stereocenters. The third-order valence-electron chi connectivity index (χ3n) is 3.95. The van der Waals surface area contributed by atoms with Crippen LogP contribution < -0.4 is 5.32 Å². The monoisotopic (exact) mass is 250 g/mol. The van der Waals surface area contributed by atoms with Gasteiger partial charge in [-0.3, -0.25) is 4.90 Å². The Morgan fingerprint density at radius 1 is 1.06 bits per heavy atom. The summed E-state index contributed by atoms with van der Waals surface area (Å²) in [6.07, 6.45) is 0.285. The molecule has 0 spiro atoms. The fraction of sp³-hybridized carbons (Fsp3) is 1.00. The summed E-state index contributed by atoms with van der Waals surface area (Å²) in [4.78, 5) is 2.06. The predicted octanol–water partition coefficient (Wildman–Crippen LogP) is 2.40. The van der Waals surface area contributed by atoms with Crippen LogP contribution in [0.15, 0.2) is 0 Å². The number of likely N-dealkylation sites (tertiary alicyclic amines) is 1. The van der Waals surface area contributed by atoms with Crippen molar-refractivity contribution >= 4 is 0 Å². The summed E-state index contributed by atoms with van der Waals surface area (Å²) < 4.78 is 38.2. The average Bonchev–Trinajstić information content (AvgIpc) is 2.56. The molecule has 2 saturated heterocycles. The number of hydrogen-bond acceptors (Lipinski definition) is 2. The smallest absolute Gasteiger partial charge is 0.315 e. The van der Waals surface area contributed by atoms with Crippen LogP contribution in [-0.2, 0) is 0 Å². The SMILES string of the molecule is FC(F)(F)C1CCCN(C2CCCCNC2)C1. The van der Waals surface area contributed by atoms with Gasteiger partial charge in [0.15, 0.2) is 0 Å². The molecule has 1 N–H and O–H groups in total. The molecule has 17 heavy (non-hydrogen) atoms. The van der Waals surface area contributed by atoms with Crippen molar-refractivity contribution in [2.45, 2.75) is 44.3 Å². The number of nitrogens with zero attached hydrogens (tertiary/aromatic N) is 1. The van der Waals surface area contributed by atoms with E-state index in [4.69, 9.17) is 0 Å². The molecule has 2 fully saturated rings. The molecular weight excluding hydrogens is 229 g/mol. The van der Waals surface area contributed by atoms with Crippen LogP contribution in [0, 0.1) is 5.92 Å². The zero-order chi connectivity index (χ0) is 12.3. The number of halogens is 3. The van der Waals surface area contributed by atoms with Gasteiger partial charge in [0.1, 0.15) is 0 Å². The van der Waals surface area contributed by atoms with E-state index in [1.54, 1.807) is 0 Å². The van der Waals surface area contributed by atoms with E-state index >= 15 is 0 Å². The quantitative estimate of drug-likeness (QED) is 0.768. The Labute approximate surface area is 101 Å². The van der Waals surface area contributed by atoms with Gasteiger partial charge in [0, 0.05) is 19.1 Å². The highest BCUT2D eigenvalue weighted by molar-refractivity contribution is 4.84. The molecule has 100 valence electrons. The summed E-state index contributed by atoms with van der Waals surface area (Å²) in [5, 5.41) is 3.33. The van der Waals surface area contributed by atoms with Crippen LogP contribution in [0.3, 0.4) is 0 Å². The van der Waals surface area contributed by atoms with Crippen molar-refractivity contribution in [3.8, 4) is 0 Å².